The van der Waals surface area contributed by atoms with Crippen molar-refractivity contribution in [2.24, 2.45) is 0 Å². The topological polar surface area (TPSA) is 56.6 Å². The number of likely N-dealkylation sites (tertiary alicyclic amines) is 1. The van der Waals surface area contributed by atoms with Gasteiger partial charge in [0.2, 0.25) is 5.91 Å². The number of hydrogen-bond acceptors (Lipinski definition) is 4. The summed E-state index contributed by atoms with van der Waals surface area (Å²) in [6.45, 7) is 2.44. The molecule has 6 nitrogen and oxygen atoms in total. The lowest BCUT2D eigenvalue weighted by Gasteiger charge is -2.41. The summed E-state index contributed by atoms with van der Waals surface area (Å²) in [5.74, 6) is 0.969. The first-order valence-corrected chi connectivity index (χ1v) is 8.67. The van der Waals surface area contributed by atoms with E-state index in [1.54, 1.807) is 19.6 Å². The number of imidazole rings is 1. The van der Waals surface area contributed by atoms with Crippen LogP contribution in [0.5, 0.6) is 5.75 Å². The smallest absolute Gasteiger partial charge is 0.224 e. The Morgan fingerprint density at radius 3 is 2.88 bits per heavy atom. The second-order valence-electron chi connectivity index (χ2n) is 6.46. The predicted molar refractivity (Wildman–Crippen MR) is 94.3 cm³/mol. The molecule has 6 heteroatoms. The lowest BCUT2D eigenvalue weighted by atomic mass is 9.93. The van der Waals surface area contributed by atoms with Crippen LogP contribution in [0.15, 0.2) is 49.1 Å². The van der Waals surface area contributed by atoms with E-state index in [1.807, 2.05) is 46.0 Å². The molecule has 1 aromatic heterocycles. The maximum Gasteiger partial charge on any atom is 0.224 e. The number of para-hydroxylation sites is 1. The van der Waals surface area contributed by atoms with Crippen LogP contribution in [-0.4, -0.2) is 52.8 Å². The summed E-state index contributed by atoms with van der Waals surface area (Å²) >= 11 is 0. The molecule has 1 unspecified atom stereocenters. The number of carbonyl (C=O) groups excluding carboxylic acids is 1. The van der Waals surface area contributed by atoms with Gasteiger partial charge in [0.25, 0.3) is 0 Å². The van der Waals surface area contributed by atoms with Gasteiger partial charge in [-0.05, 0) is 25.0 Å². The van der Waals surface area contributed by atoms with Gasteiger partial charge in [0, 0.05) is 39.0 Å². The minimum Gasteiger partial charge on any atom is -0.491 e. The highest BCUT2D eigenvalue weighted by Crippen LogP contribution is 2.26. The molecule has 1 saturated heterocycles. The van der Waals surface area contributed by atoms with Gasteiger partial charge >= 0.3 is 0 Å². The zero-order valence-electron chi connectivity index (χ0n) is 14.6. The van der Waals surface area contributed by atoms with Crippen molar-refractivity contribution in [3.8, 4) is 5.75 Å². The van der Waals surface area contributed by atoms with Crippen LogP contribution >= 0.6 is 0 Å². The molecule has 2 heterocycles. The van der Waals surface area contributed by atoms with Crippen molar-refractivity contribution in [2.45, 2.75) is 31.4 Å². The molecule has 0 N–H and O–H groups in total. The lowest BCUT2D eigenvalue weighted by molar-refractivity contribution is -0.143. The molecule has 0 aliphatic carbocycles. The van der Waals surface area contributed by atoms with Crippen molar-refractivity contribution in [1.29, 1.82) is 0 Å². The summed E-state index contributed by atoms with van der Waals surface area (Å²) in [5, 5.41) is 0. The fourth-order valence-electron chi connectivity index (χ4n) is 3.19. The van der Waals surface area contributed by atoms with E-state index in [2.05, 4.69) is 4.98 Å². The maximum atomic E-state index is 12.6. The second kappa shape index (κ2) is 8.16. The Hall–Kier alpha value is -2.34. The highest BCUT2D eigenvalue weighted by atomic mass is 16.5. The molecule has 2 aromatic rings. The van der Waals surface area contributed by atoms with Gasteiger partial charge in [0.1, 0.15) is 18.0 Å². The first-order chi connectivity index (χ1) is 12.2. The van der Waals surface area contributed by atoms with E-state index in [4.69, 9.17) is 9.47 Å². The average Bonchev–Trinajstić information content (AvgIpc) is 3.19. The van der Waals surface area contributed by atoms with E-state index in [9.17, 15) is 4.79 Å². The zero-order valence-corrected chi connectivity index (χ0v) is 14.6. The van der Waals surface area contributed by atoms with E-state index in [0.29, 0.717) is 26.1 Å². The van der Waals surface area contributed by atoms with Crippen LogP contribution < -0.4 is 4.74 Å². The number of aromatic nitrogens is 2. The van der Waals surface area contributed by atoms with Crippen LogP contribution in [0.2, 0.25) is 0 Å². The van der Waals surface area contributed by atoms with Crippen LogP contribution in [0.1, 0.15) is 19.3 Å². The standard InChI is InChI=1S/C19H25N3O3/c1-24-19(15-25-17-6-3-2-4-7-17)9-5-11-22(14-19)18(23)8-12-21-13-10-20-16-21/h2-4,6-7,10,13,16H,5,8-9,11-12,14-15H2,1H3. The summed E-state index contributed by atoms with van der Waals surface area (Å²) in [6, 6.07) is 9.71. The Bertz CT molecular complexity index is 660. The van der Waals surface area contributed by atoms with Crippen molar-refractivity contribution < 1.29 is 14.3 Å². The summed E-state index contributed by atoms with van der Waals surface area (Å²) < 4.78 is 13.6. The maximum absolute atomic E-state index is 12.6. The van der Waals surface area contributed by atoms with E-state index in [0.717, 1.165) is 25.1 Å². The number of carbonyl (C=O) groups is 1. The summed E-state index contributed by atoms with van der Waals surface area (Å²) in [7, 11) is 1.70. The van der Waals surface area contributed by atoms with Crippen LogP contribution in [0.4, 0.5) is 0 Å². The number of ether oxygens (including phenoxy) is 2. The predicted octanol–water partition coefficient (Wildman–Crippen LogP) is 2.36. The first kappa shape index (κ1) is 17.5. The van der Waals surface area contributed by atoms with Crippen molar-refractivity contribution >= 4 is 5.91 Å². The van der Waals surface area contributed by atoms with Crippen LogP contribution in [0.25, 0.3) is 0 Å². The lowest BCUT2D eigenvalue weighted by Crippen LogP contribution is -2.54. The van der Waals surface area contributed by atoms with Crippen molar-refractivity contribution in [3.63, 3.8) is 0 Å². The van der Waals surface area contributed by atoms with Gasteiger partial charge in [-0.3, -0.25) is 4.79 Å². The summed E-state index contributed by atoms with van der Waals surface area (Å²) in [6.07, 6.45) is 7.61. The Morgan fingerprint density at radius 1 is 1.32 bits per heavy atom. The molecule has 0 spiro atoms. The van der Waals surface area contributed by atoms with E-state index in [-0.39, 0.29) is 5.91 Å². The monoisotopic (exact) mass is 343 g/mol. The molecule has 1 aliphatic heterocycles. The Kier molecular flexibility index (Phi) is 5.71. The molecule has 1 amide bonds. The average molecular weight is 343 g/mol. The van der Waals surface area contributed by atoms with Crippen LogP contribution in [0.3, 0.4) is 0 Å². The molecule has 1 fully saturated rings. The molecule has 0 radical (unpaired) electrons. The van der Waals surface area contributed by atoms with Crippen molar-refractivity contribution in [2.75, 3.05) is 26.8 Å². The third-order valence-electron chi connectivity index (χ3n) is 4.71. The fourth-order valence-corrected chi connectivity index (χ4v) is 3.19. The van der Waals surface area contributed by atoms with Gasteiger partial charge in [0.05, 0.1) is 12.9 Å². The van der Waals surface area contributed by atoms with Crippen molar-refractivity contribution in [3.05, 3.63) is 49.1 Å². The Morgan fingerprint density at radius 2 is 2.16 bits per heavy atom. The van der Waals surface area contributed by atoms with Gasteiger partial charge in [-0.15, -0.1) is 0 Å². The fraction of sp³-hybridized carbons (Fsp3) is 0.474. The third kappa shape index (κ3) is 4.60. The van der Waals surface area contributed by atoms with E-state index < -0.39 is 5.60 Å². The molecule has 1 atom stereocenters. The van der Waals surface area contributed by atoms with Crippen LogP contribution in [-0.2, 0) is 16.1 Å². The van der Waals surface area contributed by atoms with E-state index in [1.165, 1.54) is 0 Å². The molecule has 0 bridgehead atoms. The number of rotatable bonds is 7. The van der Waals surface area contributed by atoms with Crippen molar-refractivity contribution in [1.82, 2.24) is 14.5 Å². The minimum absolute atomic E-state index is 0.148. The number of piperidine rings is 1. The van der Waals surface area contributed by atoms with Gasteiger partial charge in [-0.25, -0.2) is 4.98 Å². The summed E-state index contributed by atoms with van der Waals surface area (Å²) in [4.78, 5) is 18.5. The summed E-state index contributed by atoms with van der Waals surface area (Å²) in [5.41, 5.74) is -0.446. The normalized spacial score (nSPS) is 20.4. The molecule has 134 valence electrons. The number of methoxy groups -OCH3 is 1. The number of benzene rings is 1. The molecule has 0 saturated carbocycles. The third-order valence-corrected chi connectivity index (χ3v) is 4.71. The van der Waals surface area contributed by atoms with Gasteiger partial charge in [-0.2, -0.15) is 0 Å². The highest BCUT2D eigenvalue weighted by Gasteiger charge is 2.38. The number of hydrogen-bond donors (Lipinski definition) is 0. The molecule has 1 aliphatic rings. The number of aryl methyl sites for hydroxylation is 1. The molecular formula is C19H25N3O3. The minimum atomic E-state index is -0.446. The molecular weight excluding hydrogens is 318 g/mol. The van der Waals surface area contributed by atoms with E-state index >= 15 is 0 Å². The van der Waals surface area contributed by atoms with Gasteiger partial charge in [-0.1, -0.05) is 18.2 Å². The zero-order chi connectivity index (χ0) is 17.5. The number of nitrogens with zero attached hydrogens (tertiary/aromatic N) is 3. The van der Waals surface area contributed by atoms with Gasteiger partial charge < -0.3 is 18.9 Å². The van der Waals surface area contributed by atoms with Crippen LogP contribution in [0, 0.1) is 0 Å². The highest BCUT2D eigenvalue weighted by molar-refractivity contribution is 5.76. The largest absolute Gasteiger partial charge is 0.491 e. The molecule has 3 rings (SSSR count). The quantitative estimate of drug-likeness (QED) is 0.774. The molecule has 1 aromatic carbocycles. The number of amides is 1. The Labute approximate surface area is 148 Å². The van der Waals surface area contributed by atoms with Gasteiger partial charge in [0.15, 0.2) is 0 Å². The SMILES string of the molecule is COC1(COc2ccccc2)CCCN(C(=O)CCn2ccnc2)C1. The second-order valence-corrected chi connectivity index (χ2v) is 6.46. The Balaban J connectivity index is 1.56. The first-order valence-electron chi connectivity index (χ1n) is 8.67. The molecule has 25 heavy (non-hydrogen) atoms.